The van der Waals surface area contributed by atoms with Gasteiger partial charge in [-0.05, 0) is 60.5 Å². The zero-order chi connectivity index (χ0) is 29.1. The Balaban J connectivity index is 1.15. The lowest BCUT2D eigenvalue weighted by molar-refractivity contribution is -0.117. The number of carbonyl (C=O) groups is 2. The number of methoxy groups -OCH3 is 1. The molecule has 0 radical (unpaired) electrons. The molecule has 7 heteroatoms. The van der Waals surface area contributed by atoms with Crippen LogP contribution >= 0.6 is 0 Å². The van der Waals surface area contributed by atoms with Crippen molar-refractivity contribution < 1.29 is 19.1 Å². The molecule has 0 unspecified atom stereocenters. The Labute approximate surface area is 246 Å². The highest BCUT2D eigenvalue weighted by molar-refractivity contribution is 6.09. The molecule has 0 aromatic heterocycles. The van der Waals surface area contributed by atoms with Gasteiger partial charge in [0.25, 0.3) is 11.8 Å². The zero-order valence-corrected chi connectivity index (χ0v) is 23.8. The first-order chi connectivity index (χ1) is 20.5. The second kappa shape index (κ2) is 11.8. The number of fused-ring (bicyclic) bond motifs is 1. The predicted octanol–water partition coefficient (Wildman–Crippen LogP) is 5.93. The number of rotatable bonds is 6. The number of amides is 2. The number of hydrogen-bond acceptors (Lipinski definition) is 5. The highest BCUT2D eigenvalue weighted by Crippen LogP contribution is 2.36. The monoisotopic (exact) mass is 559 g/mol. The lowest BCUT2D eigenvalue weighted by Crippen LogP contribution is -2.48. The van der Waals surface area contributed by atoms with Crippen molar-refractivity contribution in [2.24, 2.45) is 0 Å². The van der Waals surface area contributed by atoms with Gasteiger partial charge in [0, 0.05) is 31.7 Å². The van der Waals surface area contributed by atoms with Crippen molar-refractivity contribution in [1.82, 2.24) is 4.90 Å². The van der Waals surface area contributed by atoms with Crippen LogP contribution in [0.25, 0.3) is 6.08 Å². The molecule has 0 spiro atoms. The second-order valence-corrected chi connectivity index (χ2v) is 10.5. The fraction of sp³-hybridized carbons (Fsp3) is 0.200. The van der Waals surface area contributed by atoms with E-state index in [0.717, 1.165) is 46.9 Å². The fourth-order valence-corrected chi connectivity index (χ4v) is 5.51. The van der Waals surface area contributed by atoms with E-state index in [1.54, 1.807) is 18.1 Å². The first kappa shape index (κ1) is 27.1. The van der Waals surface area contributed by atoms with Crippen molar-refractivity contribution in [3.8, 4) is 11.5 Å². The van der Waals surface area contributed by atoms with E-state index >= 15 is 0 Å². The molecule has 2 aliphatic heterocycles. The number of anilines is 2. The number of ether oxygens (including phenoxy) is 2. The van der Waals surface area contributed by atoms with Crippen molar-refractivity contribution in [1.29, 1.82) is 0 Å². The Kier molecular flexibility index (Phi) is 7.64. The number of hydrogen-bond donors (Lipinski definition) is 0. The van der Waals surface area contributed by atoms with Crippen LogP contribution in [0.5, 0.6) is 11.5 Å². The van der Waals surface area contributed by atoms with E-state index in [1.165, 1.54) is 0 Å². The molecule has 2 heterocycles. The van der Waals surface area contributed by atoms with E-state index in [4.69, 9.17) is 9.47 Å². The molecule has 42 heavy (non-hydrogen) atoms. The maximum atomic E-state index is 13.6. The Hall–Kier alpha value is -5.04. The standard InChI is InChI=1S/C35H33N3O4/c1-25-8-7-9-27(22-25)24-38-30-11-4-6-13-32(30)42-33(35(38)40)23-26-14-16-28(17-15-26)34(39)37-20-18-36(19-21-37)29-10-3-5-12-31(29)41-2/h3-17,22-23H,18-21,24H2,1-2H3/b33-23+. The third-order valence-electron chi connectivity index (χ3n) is 7.70. The first-order valence-corrected chi connectivity index (χ1v) is 14.1. The summed E-state index contributed by atoms with van der Waals surface area (Å²) in [4.78, 5) is 32.8. The molecule has 4 aromatic rings. The van der Waals surface area contributed by atoms with Crippen LogP contribution in [-0.4, -0.2) is 50.0 Å². The summed E-state index contributed by atoms with van der Waals surface area (Å²) in [6.45, 7) is 5.20. The van der Waals surface area contributed by atoms with E-state index in [0.29, 0.717) is 30.9 Å². The van der Waals surface area contributed by atoms with Gasteiger partial charge in [-0.25, -0.2) is 0 Å². The van der Waals surface area contributed by atoms with Crippen LogP contribution in [-0.2, 0) is 11.3 Å². The molecule has 0 atom stereocenters. The second-order valence-electron chi connectivity index (χ2n) is 10.5. The van der Waals surface area contributed by atoms with E-state index in [1.807, 2.05) is 103 Å². The minimum Gasteiger partial charge on any atom is -0.495 e. The lowest BCUT2D eigenvalue weighted by Gasteiger charge is -2.36. The number of benzene rings is 4. The number of nitrogens with zero attached hydrogens (tertiary/aromatic N) is 3. The van der Waals surface area contributed by atoms with E-state index in [9.17, 15) is 9.59 Å². The van der Waals surface area contributed by atoms with Gasteiger partial charge >= 0.3 is 0 Å². The van der Waals surface area contributed by atoms with Gasteiger partial charge in [-0.1, -0.05) is 66.2 Å². The Morgan fingerprint density at radius 1 is 0.857 bits per heavy atom. The number of aryl methyl sites for hydroxylation is 1. The SMILES string of the molecule is COc1ccccc1N1CCN(C(=O)c2ccc(/C=C3/Oc4ccccc4N(Cc4cccc(C)c4)C3=O)cc2)CC1. The highest BCUT2D eigenvalue weighted by atomic mass is 16.5. The largest absolute Gasteiger partial charge is 0.495 e. The molecule has 2 amide bonds. The van der Waals surface area contributed by atoms with Crippen LogP contribution in [0, 0.1) is 6.92 Å². The van der Waals surface area contributed by atoms with E-state index in [-0.39, 0.29) is 17.6 Å². The molecule has 1 fully saturated rings. The molecule has 1 saturated heterocycles. The first-order valence-electron chi connectivity index (χ1n) is 14.1. The van der Waals surface area contributed by atoms with Crippen LogP contribution in [0.3, 0.4) is 0 Å². The van der Waals surface area contributed by atoms with Crippen LogP contribution in [0.4, 0.5) is 11.4 Å². The third-order valence-corrected chi connectivity index (χ3v) is 7.70. The van der Waals surface area contributed by atoms with Crippen LogP contribution in [0.2, 0.25) is 0 Å². The van der Waals surface area contributed by atoms with Gasteiger partial charge in [-0.15, -0.1) is 0 Å². The highest BCUT2D eigenvalue weighted by Gasteiger charge is 2.30. The van der Waals surface area contributed by atoms with Crippen molar-refractivity contribution in [2.75, 3.05) is 43.1 Å². The maximum absolute atomic E-state index is 13.6. The quantitative estimate of drug-likeness (QED) is 0.274. The van der Waals surface area contributed by atoms with Crippen molar-refractivity contribution in [3.05, 3.63) is 125 Å². The van der Waals surface area contributed by atoms with Crippen molar-refractivity contribution in [2.45, 2.75) is 13.5 Å². The van der Waals surface area contributed by atoms with Crippen LogP contribution < -0.4 is 19.3 Å². The molecule has 0 saturated carbocycles. The molecule has 2 aliphatic rings. The Morgan fingerprint density at radius 2 is 1.57 bits per heavy atom. The normalized spacial score (nSPS) is 15.8. The molecule has 7 nitrogen and oxygen atoms in total. The number of para-hydroxylation sites is 4. The predicted molar refractivity (Wildman–Crippen MR) is 165 cm³/mol. The number of piperazine rings is 1. The van der Waals surface area contributed by atoms with Gasteiger partial charge in [0.05, 0.1) is 25.0 Å². The minimum atomic E-state index is -0.205. The van der Waals surface area contributed by atoms with Crippen molar-refractivity contribution in [3.63, 3.8) is 0 Å². The summed E-state index contributed by atoms with van der Waals surface area (Å²) in [6, 6.07) is 31.0. The summed E-state index contributed by atoms with van der Waals surface area (Å²) >= 11 is 0. The van der Waals surface area contributed by atoms with Crippen LogP contribution in [0.1, 0.15) is 27.0 Å². The maximum Gasteiger partial charge on any atom is 0.294 e. The zero-order valence-electron chi connectivity index (χ0n) is 23.8. The molecular formula is C35H33N3O4. The Morgan fingerprint density at radius 3 is 2.31 bits per heavy atom. The van der Waals surface area contributed by atoms with E-state index in [2.05, 4.69) is 11.0 Å². The number of carbonyl (C=O) groups excluding carboxylic acids is 2. The third kappa shape index (κ3) is 5.59. The summed E-state index contributed by atoms with van der Waals surface area (Å²) in [5, 5.41) is 0. The smallest absolute Gasteiger partial charge is 0.294 e. The van der Waals surface area contributed by atoms with Crippen LogP contribution in [0.15, 0.2) is 103 Å². The summed E-state index contributed by atoms with van der Waals surface area (Å²) < 4.78 is 11.6. The molecule has 0 bridgehead atoms. The summed E-state index contributed by atoms with van der Waals surface area (Å²) in [6.07, 6.45) is 1.74. The van der Waals surface area contributed by atoms with Gasteiger partial charge < -0.3 is 19.3 Å². The molecule has 212 valence electrons. The molecule has 6 rings (SSSR count). The molecule has 4 aromatic carbocycles. The summed E-state index contributed by atoms with van der Waals surface area (Å²) in [5.41, 5.74) is 5.38. The average Bonchev–Trinajstić information content (AvgIpc) is 3.03. The summed E-state index contributed by atoms with van der Waals surface area (Å²) in [7, 11) is 1.68. The van der Waals surface area contributed by atoms with Gasteiger partial charge in [-0.3, -0.25) is 14.5 Å². The van der Waals surface area contributed by atoms with Gasteiger partial charge in [0.1, 0.15) is 5.75 Å². The van der Waals surface area contributed by atoms with Gasteiger partial charge in [0.15, 0.2) is 11.5 Å². The van der Waals surface area contributed by atoms with Crippen molar-refractivity contribution >= 4 is 29.3 Å². The fourth-order valence-electron chi connectivity index (χ4n) is 5.51. The Bertz CT molecular complexity index is 1640. The molecular weight excluding hydrogens is 526 g/mol. The summed E-state index contributed by atoms with van der Waals surface area (Å²) in [5.74, 6) is 1.51. The van der Waals surface area contributed by atoms with Gasteiger partial charge in [-0.2, -0.15) is 0 Å². The average molecular weight is 560 g/mol. The molecule has 0 N–H and O–H groups in total. The lowest BCUT2D eigenvalue weighted by atomic mass is 10.1. The van der Waals surface area contributed by atoms with E-state index < -0.39 is 0 Å². The minimum absolute atomic E-state index is 0.00266. The van der Waals surface area contributed by atoms with Gasteiger partial charge in [0.2, 0.25) is 0 Å². The molecule has 0 aliphatic carbocycles. The topological polar surface area (TPSA) is 62.3 Å².